The Hall–Kier alpha value is -0.870. The van der Waals surface area contributed by atoms with Crippen LogP contribution in [-0.4, -0.2) is 39.4 Å². The summed E-state index contributed by atoms with van der Waals surface area (Å²) in [5, 5.41) is 15.0. The average Bonchev–Trinajstić information content (AvgIpc) is 2.74. The van der Waals surface area contributed by atoms with Crippen molar-refractivity contribution in [3.05, 3.63) is 18.0 Å². The van der Waals surface area contributed by atoms with E-state index in [4.69, 9.17) is 0 Å². The standard InChI is InChI=1S/C13H23N3O/c1-4-6-16-10-12(9-14-16)13(17)5-7-15(3)11(2)8-13/h9-11,17H,4-8H2,1-3H3. The molecule has 4 nitrogen and oxygen atoms in total. The van der Waals surface area contributed by atoms with Crippen LogP contribution in [0.1, 0.15) is 38.7 Å². The summed E-state index contributed by atoms with van der Waals surface area (Å²) in [6.07, 6.45) is 6.49. The van der Waals surface area contributed by atoms with Crippen LogP contribution in [-0.2, 0) is 12.1 Å². The van der Waals surface area contributed by atoms with E-state index in [0.29, 0.717) is 6.04 Å². The van der Waals surface area contributed by atoms with Crippen LogP contribution in [0.15, 0.2) is 12.4 Å². The van der Waals surface area contributed by atoms with Gasteiger partial charge in [0, 0.05) is 30.9 Å². The molecule has 2 atom stereocenters. The van der Waals surface area contributed by atoms with Crippen molar-refractivity contribution in [3.8, 4) is 0 Å². The fraction of sp³-hybridized carbons (Fsp3) is 0.769. The fourth-order valence-electron chi connectivity index (χ4n) is 2.55. The smallest absolute Gasteiger partial charge is 0.0953 e. The molecule has 0 aromatic carbocycles. The van der Waals surface area contributed by atoms with Crippen LogP contribution in [0.4, 0.5) is 0 Å². The van der Waals surface area contributed by atoms with E-state index in [1.165, 1.54) is 0 Å². The van der Waals surface area contributed by atoms with Crippen LogP contribution in [0, 0.1) is 0 Å². The van der Waals surface area contributed by atoms with Crippen molar-refractivity contribution in [2.75, 3.05) is 13.6 Å². The average molecular weight is 237 g/mol. The summed E-state index contributed by atoms with van der Waals surface area (Å²) in [4.78, 5) is 2.30. The van der Waals surface area contributed by atoms with E-state index < -0.39 is 5.60 Å². The Labute approximate surface area is 103 Å². The van der Waals surface area contributed by atoms with E-state index in [9.17, 15) is 5.11 Å². The van der Waals surface area contributed by atoms with Crippen molar-refractivity contribution < 1.29 is 5.11 Å². The summed E-state index contributed by atoms with van der Waals surface area (Å²) in [5.41, 5.74) is 0.295. The molecular formula is C13H23N3O. The van der Waals surface area contributed by atoms with E-state index in [2.05, 4.69) is 30.9 Å². The number of nitrogens with zero attached hydrogens (tertiary/aromatic N) is 3. The monoisotopic (exact) mass is 237 g/mol. The Morgan fingerprint density at radius 1 is 1.59 bits per heavy atom. The van der Waals surface area contributed by atoms with Crippen LogP contribution < -0.4 is 0 Å². The zero-order chi connectivity index (χ0) is 12.5. The number of hydrogen-bond acceptors (Lipinski definition) is 3. The molecule has 2 heterocycles. The molecule has 96 valence electrons. The second kappa shape index (κ2) is 4.78. The molecule has 1 saturated heterocycles. The molecule has 1 aliphatic heterocycles. The van der Waals surface area contributed by atoms with E-state index in [0.717, 1.165) is 37.9 Å². The predicted molar refractivity (Wildman–Crippen MR) is 67.7 cm³/mol. The highest BCUT2D eigenvalue weighted by Gasteiger charge is 2.37. The first kappa shape index (κ1) is 12.6. The first-order valence-electron chi connectivity index (χ1n) is 6.51. The molecule has 2 rings (SSSR count). The van der Waals surface area contributed by atoms with Gasteiger partial charge in [0.15, 0.2) is 0 Å². The number of piperidine rings is 1. The molecule has 0 amide bonds. The van der Waals surface area contributed by atoms with E-state index in [-0.39, 0.29) is 0 Å². The number of rotatable bonds is 3. The largest absolute Gasteiger partial charge is 0.385 e. The Kier molecular flexibility index (Phi) is 3.54. The van der Waals surface area contributed by atoms with Gasteiger partial charge in [0.2, 0.25) is 0 Å². The van der Waals surface area contributed by atoms with Gasteiger partial charge in [0.1, 0.15) is 0 Å². The van der Waals surface area contributed by atoms with Crippen LogP contribution in [0.5, 0.6) is 0 Å². The SMILES string of the molecule is CCCn1cc(C2(O)CCN(C)C(C)C2)cn1. The highest BCUT2D eigenvalue weighted by Crippen LogP contribution is 2.34. The van der Waals surface area contributed by atoms with Crippen molar-refractivity contribution >= 4 is 0 Å². The third-order valence-corrected chi connectivity index (χ3v) is 3.89. The highest BCUT2D eigenvalue weighted by molar-refractivity contribution is 5.17. The van der Waals surface area contributed by atoms with Crippen molar-refractivity contribution in [3.63, 3.8) is 0 Å². The summed E-state index contributed by atoms with van der Waals surface area (Å²) in [6, 6.07) is 0.420. The number of aliphatic hydroxyl groups is 1. The highest BCUT2D eigenvalue weighted by atomic mass is 16.3. The lowest BCUT2D eigenvalue weighted by molar-refractivity contribution is -0.0409. The molecule has 0 bridgehead atoms. The summed E-state index contributed by atoms with van der Waals surface area (Å²) >= 11 is 0. The second-order valence-corrected chi connectivity index (χ2v) is 5.31. The van der Waals surface area contributed by atoms with Gasteiger partial charge in [0.25, 0.3) is 0 Å². The van der Waals surface area contributed by atoms with Gasteiger partial charge < -0.3 is 10.0 Å². The maximum Gasteiger partial charge on any atom is 0.0953 e. The van der Waals surface area contributed by atoms with Crippen molar-refractivity contribution in [2.45, 2.75) is 51.3 Å². The lowest BCUT2D eigenvalue weighted by atomic mass is 9.83. The third kappa shape index (κ3) is 2.53. The zero-order valence-corrected chi connectivity index (χ0v) is 11.1. The lowest BCUT2D eigenvalue weighted by Crippen LogP contribution is -2.45. The number of aryl methyl sites for hydroxylation is 1. The molecule has 0 saturated carbocycles. The van der Waals surface area contributed by atoms with E-state index >= 15 is 0 Å². The number of aromatic nitrogens is 2. The molecule has 0 radical (unpaired) electrons. The quantitative estimate of drug-likeness (QED) is 0.868. The summed E-state index contributed by atoms with van der Waals surface area (Å²) < 4.78 is 1.93. The van der Waals surface area contributed by atoms with Crippen molar-refractivity contribution in [1.29, 1.82) is 0 Å². The van der Waals surface area contributed by atoms with Crippen molar-refractivity contribution in [2.24, 2.45) is 0 Å². The predicted octanol–water partition coefficient (Wildman–Crippen LogP) is 1.59. The molecule has 1 aromatic rings. The molecule has 0 aliphatic carbocycles. The van der Waals surface area contributed by atoms with Gasteiger partial charge in [-0.05, 0) is 33.2 Å². The van der Waals surface area contributed by atoms with Crippen LogP contribution in [0.2, 0.25) is 0 Å². The van der Waals surface area contributed by atoms with Crippen LogP contribution in [0.25, 0.3) is 0 Å². The first-order valence-corrected chi connectivity index (χ1v) is 6.51. The van der Waals surface area contributed by atoms with Gasteiger partial charge in [-0.1, -0.05) is 6.92 Å². The van der Waals surface area contributed by atoms with Crippen LogP contribution >= 0.6 is 0 Å². The molecule has 1 aliphatic rings. The van der Waals surface area contributed by atoms with Gasteiger partial charge in [-0.3, -0.25) is 4.68 Å². The molecule has 1 N–H and O–H groups in total. The van der Waals surface area contributed by atoms with Gasteiger partial charge in [0.05, 0.1) is 11.8 Å². The number of hydrogen-bond donors (Lipinski definition) is 1. The second-order valence-electron chi connectivity index (χ2n) is 5.31. The number of likely N-dealkylation sites (tertiary alicyclic amines) is 1. The van der Waals surface area contributed by atoms with Gasteiger partial charge in [-0.2, -0.15) is 5.10 Å². The zero-order valence-electron chi connectivity index (χ0n) is 11.1. The Morgan fingerprint density at radius 3 is 3.00 bits per heavy atom. The maximum atomic E-state index is 10.7. The molecule has 4 heteroatoms. The summed E-state index contributed by atoms with van der Waals surface area (Å²) in [7, 11) is 2.12. The van der Waals surface area contributed by atoms with Gasteiger partial charge >= 0.3 is 0 Å². The van der Waals surface area contributed by atoms with E-state index in [1.807, 2.05) is 17.1 Å². The molecule has 1 fully saturated rings. The minimum atomic E-state index is -0.683. The lowest BCUT2D eigenvalue weighted by Gasteiger charge is -2.40. The minimum Gasteiger partial charge on any atom is -0.385 e. The maximum absolute atomic E-state index is 10.7. The topological polar surface area (TPSA) is 41.3 Å². The molecule has 1 aromatic heterocycles. The molecule has 2 unspecified atom stereocenters. The first-order chi connectivity index (χ1) is 8.05. The van der Waals surface area contributed by atoms with Crippen LogP contribution in [0.3, 0.4) is 0 Å². The third-order valence-electron chi connectivity index (χ3n) is 3.89. The van der Waals surface area contributed by atoms with Gasteiger partial charge in [-0.15, -0.1) is 0 Å². The molecule has 0 spiro atoms. The normalized spacial score (nSPS) is 30.7. The Morgan fingerprint density at radius 2 is 2.35 bits per heavy atom. The summed E-state index contributed by atoms with van der Waals surface area (Å²) in [5.74, 6) is 0. The fourth-order valence-corrected chi connectivity index (χ4v) is 2.55. The van der Waals surface area contributed by atoms with E-state index in [1.54, 1.807) is 0 Å². The minimum absolute atomic E-state index is 0.420. The van der Waals surface area contributed by atoms with Crippen molar-refractivity contribution in [1.82, 2.24) is 14.7 Å². The molecular weight excluding hydrogens is 214 g/mol. The van der Waals surface area contributed by atoms with Gasteiger partial charge in [-0.25, -0.2) is 0 Å². The molecule has 17 heavy (non-hydrogen) atoms. The Balaban J connectivity index is 2.14. The summed E-state index contributed by atoms with van der Waals surface area (Å²) in [6.45, 7) is 6.16. The Bertz CT molecular complexity index is 376.